The zero-order valence-electron chi connectivity index (χ0n) is 13.1. The van der Waals surface area contributed by atoms with E-state index >= 15 is 0 Å². The molecule has 0 aromatic carbocycles. The molecule has 18 heavy (non-hydrogen) atoms. The fraction of sp³-hybridized carbons (Fsp3) is 1.00. The summed E-state index contributed by atoms with van der Waals surface area (Å²) in [4.78, 5) is 0. The van der Waals surface area contributed by atoms with Crippen molar-refractivity contribution in [3.8, 4) is 0 Å². The van der Waals surface area contributed by atoms with Crippen molar-refractivity contribution in [3.63, 3.8) is 0 Å². The smallest absolute Gasteiger partial charge is 0.0688 e. The maximum Gasteiger partial charge on any atom is 0.0688 e. The summed E-state index contributed by atoms with van der Waals surface area (Å²) in [6.45, 7) is 13.0. The van der Waals surface area contributed by atoms with Crippen molar-refractivity contribution in [3.05, 3.63) is 0 Å². The molecule has 2 rings (SSSR count). The summed E-state index contributed by atoms with van der Waals surface area (Å²) in [5, 5.41) is 0. The van der Waals surface area contributed by atoms with Gasteiger partial charge in [-0.3, -0.25) is 0 Å². The molecule has 1 nitrogen and oxygen atoms in total. The van der Waals surface area contributed by atoms with Crippen LogP contribution in [-0.4, -0.2) is 12.2 Å². The molecule has 0 aromatic rings. The predicted octanol–water partition coefficient (Wildman–Crippen LogP) is 5.19. The van der Waals surface area contributed by atoms with Gasteiger partial charge in [-0.25, -0.2) is 0 Å². The second-order valence-electron chi connectivity index (χ2n) is 8.42. The van der Waals surface area contributed by atoms with Gasteiger partial charge in [0, 0.05) is 6.61 Å². The summed E-state index contributed by atoms with van der Waals surface area (Å²) in [5.74, 6) is 0.804. The number of hydrogen-bond donors (Lipinski definition) is 0. The molecule has 1 heterocycles. The molecule has 0 N–H and O–H groups in total. The van der Waals surface area contributed by atoms with E-state index in [2.05, 4.69) is 34.6 Å². The summed E-state index contributed by atoms with van der Waals surface area (Å²) in [6.07, 6.45) is 9.49. The third kappa shape index (κ3) is 2.92. The second kappa shape index (κ2) is 4.81. The van der Waals surface area contributed by atoms with Crippen LogP contribution < -0.4 is 0 Å². The third-order valence-electron chi connectivity index (χ3n) is 5.51. The summed E-state index contributed by atoms with van der Waals surface area (Å²) in [5.41, 5.74) is 1.23. The van der Waals surface area contributed by atoms with Crippen LogP contribution in [0.5, 0.6) is 0 Å². The van der Waals surface area contributed by atoms with Gasteiger partial charge in [-0.1, -0.05) is 40.5 Å². The Morgan fingerprint density at radius 3 is 2.56 bits per heavy atom. The minimum Gasteiger partial charge on any atom is -0.375 e. The molecule has 0 unspecified atom stereocenters. The Balaban J connectivity index is 1.97. The van der Waals surface area contributed by atoms with E-state index in [0.717, 1.165) is 12.5 Å². The lowest BCUT2D eigenvalue weighted by Gasteiger charge is -2.48. The quantitative estimate of drug-likeness (QED) is 0.672. The van der Waals surface area contributed by atoms with Crippen molar-refractivity contribution in [1.29, 1.82) is 0 Å². The average molecular weight is 252 g/mol. The summed E-state index contributed by atoms with van der Waals surface area (Å²) < 4.78 is 6.09. The Labute approximate surface area is 114 Å². The first-order chi connectivity index (χ1) is 8.25. The van der Waals surface area contributed by atoms with E-state index in [9.17, 15) is 0 Å². The van der Waals surface area contributed by atoms with Crippen molar-refractivity contribution in [2.45, 2.75) is 85.2 Å². The van der Waals surface area contributed by atoms with Gasteiger partial charge in [-0.2, -0.15) is 0 Å². The monoisotopic (exact) mass is 252 g/mol. The lowest BCUT2D eigenvalue weighted by Crippen LogP contribution is -2.45. The van der Waals surface area contributed by atoms with Crippen LogP contribution in [0.2, 0.25) is 0 Å². The van der Waals surface area contributed by atoms with Crippen LogP contribution in [0.25, 0.3) is 0 Å². The first-order valence-corrected chi connectivity index (χ1v) is 7.89. The number of fused-ring (bicyclic) bond motifs is 1. The van der Waals surface area contributed by atoms with E-state index in [4.69, 9.17) is 4.74 Å². The fourth-order valence-electron chi connectivity index (χ4n) is 4.49. The molecule has 2 aliphatic rings. The Hall–Kier alpha value is -0.0400. The molecule has 0 spiro atoms. The topological polar surface area (TPSA) is 9.23 Å². The number of rotatable bonds is 3. The number of hydrogen-bond acceptors (Lipinski definition) is 1. The maximum absolute atomic E-state index is 6.09. The molecule has 0 amide bonds. The summed E-state index contributed by atoms with van der Waals surface area (Å²) in [7, 11) is 0. The van der Waals surface area contributed by atoms with Gasteiger partial charge < -0.3 is 4.74 Å². The van der Waals surface area contributed by atoms with Gasteiger partial charge in [0.25, 0.3) is 0 Å². The molecule has 106 valence electrons. The maximum atomic E-state index is 6.09. The van der Waals surface area contributed by atoms with Gasteiger partial charge in [-0.05, 0) is 55.8 Å². The highest BCUT2D eigenvalue weighted by Crippen LogP contribution is 2.55. The highest BCUT2D eigenvalue weighted by atomic mass is 16.5. The normalized spacial score (nSPS) is 40.8. The zero-order chi connectivity index (χ0) is 13.4. The highest BCUT2D eigenvalue weighted by molar-refractivity contribution is 5.01. The first-order valence-electron chi connectivity index (χ1n) is 7.89. The van der Waals surface area contributed by atoms with E-state index in [1.165, 1.54) is 44.9 Å². The average Bonchev–Trinajstić information content (AvgIpc) is 2.59. The summed E-state index contributed by atoms with van der Waals surface area (Å²) in [6, 6.07) is 0. The molecular weight excluding hydrogens is 220 g/mol. The van der Waals surface area contributed by atoms with Gasteiger partial charge in [0.1, 0.15) is 0 Å². The summed E-state index contributed by atoms with van der Waals surface area (Å²) >= 11 is 0. The molecule has 1 aliphatic carbocycles. The van der Waals surface area contributed by atoms with Crippen molar-refractivity contribution in [2.24, 2.45) is 16.7 Å². The van der Waals surface area contributed by atoms with E-state index in [0.29, 0.717) is 10.8 Å². The molecule has 0 radical (unpaired) electrons. The molecule has 1 saturated heterocycles. The SMILES string of the molecule is CC(C)(C)CCC[C@@]1(C)CCC[C@@]2(C)OCC[C@H]12. The van der Waals surface area contributed by atoms with Crippen LogP contribution in [-0.2, 0) is 4.74 Å². The van der Waals surface area contributed by atoms with Gasteiger partial charge in [0.05, 0.1) is 5.60 Å². The standard InChI is InChI=1S/C17H32O/c1-15(2,3)9-6-10-16(4)11-7-12-17(5)14(16)8-13-18-17/h14H,6-13H2,1-5H3/t14-,16+,17-/m1/s1. The highest BCUT2D eigenvalue weighted by Gasteiger charge is 2.51. The van der Waals surface area contributed by atoms with Gasteiger partial charge >= 0.3 is 0 Å². The molecule has 1 heteroatoms. The van der Waals surface area contributed by atoms with Crippen LogP contribution >= 0.6 is 0 Å². The minimum absolute atomic E-state index is 0.203. The Bertz CT molecular complexity index is 290. The minimum atomic E-state index is 0.203. The molecule has 0 bridgehead atoms. The second-order valence-corrected chi connectivity index (χ2v) is 8.42. The van der Waals surface area contributed by atoms with Crippen LogP contribution in [0.1, 0.15) is 79.6 Å². The predicted molar refractivity (Wildman–Crippen MR) is 77.7 cm³/mol. The van der Waals surface area contributed by atoms with Crippen molar-refractivity contribution in [1.82, 2.24) is 0 Å². The molecule has 0 aromatic heterocycles. The van der Waals surface area contributed by atoms with Crippen LogP contribution in [0, 0.1) is 16.7 Å². The first kappa shape index (κ1) is 14.4. The third-order valence-corrected chi connectivity index (χ3v) is 5.51. The van der Waals surface area contributed by atoms with E-state index in [1.807, 2.05) is 0 Å². The van der Waals surface area contributed by atoms with Crippen molar-refractivity contribution < 1.29 is 4.74 Å². The number of ether oxygens (including phenoxy) is 1. The van der Waals surface area contributed by atoms with Gasteiger partial charge in [0.2, 0.25) is 0 Å². The largest absolute Gasteiger partial charge is 0.375 e. The van der Waals surface area contributed by atoms with E-state index < -0.39 is 0 Å². The Morgan fingerprint density at radius 2 is 1.89 bits per heavy atom. The van der Waals surface area contributed by atoms with Crippen LogP contribution in [0.4, 0.5) is 0 Å². The molecule has 1 aliphatic heterocycles. The van der Waals surface area contributed by atoms with Crippen LogP contribution in [0.3, 0.4) is 0 Å². The molecule has 3 atom stereocenters. The van der Waals surface area contributed by atoms with E-state index in [-0.39, 0.29) is 5.60 Å². The Kier molecular flexibility index (Phi) is 3.84. The fourth-order valence-corrected chi connectivity index (χ4v) is 4.49. The van der Waals surface area contributed by atoms with Gasteiger partial charge in [0.15, 0.2) is 0 Å². The van der Waals surface area contributed by atoms with Crippen molar-refractivity contribution >= 4 is 0 Å². The van der Waals surface area contributed by atoms with Gasteiger partial charge in [-0.15, -0.1) is 0 Å². The molecular formula is C17H32O. The molecule has 2 fully saturated rings. The zero-order valence-corrected chi connectivity index (χ0v) is 13.1. The van der Waals surface area contributed by atoms with Crippen molar-refractivity contribution in [2.75, 3.05) is 6.61 Å². The van der Waals surface area contributed by atoms with E-state index in [1.54, 1.807) is 0 Å². The molecule has 1 saturated carbocycles. The Morgan fingerprint density at radius 1 is 1.17 bits per heavy atom. The van der Waals surface area contributed by atoms with Crippen LogP contribution in [0.15, 0.2) is 0 Å². The lowest BCUT2D eigenvalue weighted by molar-refractivity contribution is -0.0788. The lowest BCUT2D eigenvalue weighted by atomic mass is 9.59.